The average molecular weight is 399 g/mol. The lowest BCUT2D eigenvalue weighted by molar-refractivity contribution is -0.113. The van der Waals surface area contributed by atoms with Crippen LogP contribution >= 0.6 is 24.0 Å². The number of amides is 1. The lowest BCUT2D eigenvalue weighted by atomic mass is 10.2. The summed E-state index contributed by atoms with van der Waals surface area (Å²) in [5.41, 5.74) is 2.88. The van der Waals surface area contributed by atoms with Crippen LogP contribution in [0.3, 0.4) is 0 Å². The molecule has 4 nitrogen and oxygen atoms in total. The van der Waals surface area contributed by atoms with E-state index in [0.29, 0.717) is 9.23 Å². The fraction of sp³-hybridized carbons (Fsp3) is 0.238. The first-order chi connectivity index (χ1) is 13.1. The van der Waals surface area contributed by atoms with Crippen molar-refractivity contribution in [2.45, 2.75) is 13.8 Å². The zero-order valence-electron chi connectivity index (χ0n) is 15.6. The summed E-state index contributed by atoms with van der Waals surface area (Å²) in [7, 11) is 1.63. The molecule has 2 aromatic carbocycles. The van der Waals surface area contributed by atoms with E-state index in [9.17, 15) is 4.79 Å². The number of nitrogens with zero attached hydrogens (tertiary/aromatic N) is 2. The minimum atomic E-state index is -0.0867. The molecule has 0 aromatic heterocycles. The third-order valence-electron chi connectivity index (χ3n) is 4.44. The maximum Gasteiger partial charge on any atom is 0.270 e. The number of anilines is 2. The molecule has 1 heterocycles. The maximum absolute atomic E-state index is 12.9. The summed E-state index contributed by atoms with van der Waals surface area (Å²) in [5, 5.41) is 0. The normalized spacial score (nSPS) is 15.5. The van der Waals surface area contributed by atoms with E-state index in [-0.39, 0.29) is 5.91 Å². The second kappa shape index (κ2) is 8.59. The first kappa shape index (κ1) is 19.5. The monoisotopic (exact) mass is 398 g/mol. The van der Waals surface area contributed by atoms with Gasteiger partial charge in [-0.05, 0) is 61.9 Å². The van der Waals surface area contributed by atoms with Crippen LogP contribution in [-0.2, 0) is 4.79 Å². The summed E-state index contributed by atoms with van der Waals surface area (Å²) < 4.78 is 5.72. The molecule has 140 valence electrons. The molecule has 0 saturated carbocycles. The van der Waals surface area contributed by atoms with E-state index in [1.165, 1.54) is 11.8 Å². The van der Waals surface area contributed by atoms with Crippen molar-refractivity contribution in [3.05, 3.63) is 59.0 Å². The Bertz CT molecular complexity index is 857. The van der Waals surface area contributed by atoms with Crippen LogP contribution in [0.25, 0.3) is 6.08 Å². The number of hydrogen-bond acceptors (Lipinski definition) is 5. The van der Waals surface area contributed by atoms with Gasteiger partial charge in [0.2, 0.25) is 0 Å². The highest BCUT2D eigenvalue weighted by Gasteiger charge is 2.33. The Morgan fingerprint density at radius 2 is 1.70 bits per heavy atom. The highest BCUT2D eigenvalue weighted by Crippen LogP contribution is 2.36. The molecule has 2 aromatic rings. The molecule has 0 aliphatic carbocycles. The van der Waals surface area contributed by atoms with Crippen molar-refractivity contribution in [2.75, 3.05) is 30.0 Å². The number of thiocarbonyl (C=S) groups is 1. The van der Waals surface area contributed by atoms with Gasteiger partial charge in [0.15, 0.2) is 4.32 Å². The first-order valence-electron chi connectivity index (χ1n) is 8.84. The van der Waals surface area contributed by atoms with Crippen molar-refractivity contribution < 1.29 is 9.53 Å². The number of hydrogen-bond donors (Lipinski definition) is 0. The molecule has 0 radical (unpaired) electrons. The molecular weight excluding hydrogens is 376 g/mol. The second-order valence-corrected chi connectivity index (χ2v) is 7.65. The van der Waals surface area contributed by atoms with Crippen LogP contribution in [0, 0.1) is 0 Å². The lowest BCUT2D eigenvalue weighted by Gasteiger charge is -2.22. The number of methoxy groups -OCH3 is 1. The molecule has 0 atom stereocenters. The van der Waals surface area contributed by atoms with Crippen LogP contribution in [0.15, 0.2) is 53.4 Å². The Labute approximate surface area is 169 Å². The molecule has 6 heteroatoms. The van der Waals surface area contributed by atoms with Crippen molar-refractivity contribution in [1.82, 2.24) is 0 Å². The zero-order chi connectivity index (χ0) is 19.4. The second-order valence-electron chi connectivity index (χ2n) is 5.98. The number of benzene rings is 2. The molecule has 0 bridgehead atoms. The largest absolute Gasteiger partial charge is 0.497 e. The highest BCUT2D eigenvalue weighted by atomic mass is 32.2. The molecule has 1 aliphatic rings. The van der Waals surface area contributed by atoms with Crippen LogP contribution < -0.4 is 14.5 Å². The molecule has 1 aliphatic heterocycles. The van der Waals surface area contributed by atoms with Gasteiger partial charge >= 0.3 is 0 Å². The Kier molecular flexibility index (Phi) is 6.19. The van der Waals surface area contributed by atoms with E-state index in [1.807, 2.05) is 54.6 Å². The van der Waals surface area contributed by atoms with Gasteiger partial charge in [-0.15, -0.1) is 0 Å². The number of rotatable bonds is 6. The van der Waals surface area contributed by atoms with E-state index >= 15 is 0 Å². The third-order valence-corrected chi connectivity index (χ3v) is 5.75. The van der Waals surface area contributed by atoms with Gasteiger partial charge in [0.25, 0.3) is 5.91 Å². The fourth-order valence-electron chi connectivity index (χ4n) is 2.94. The van der Waals surface area contributed by atoms with Crippen LogP contribution in [0.1, 0.15) is 19.4 Å². The minimum absolute atomic E-state index is 0.0867. The van der Waals surface area contributed by atoms with Crippen LogP contribution in [0.5, 0.6) is 5.75 Å². The van der Waals surface area contributed by atoms with Crippen molar-refractivity contribution in [2.24, 2.45) is 0 Å². The Morgan fingerprint density at radius 3 is 2.26 bits per heavy atom. The SMILES string of the molecule is CCN(CC)c1ccc(N2C(=O)C(=Cc3ccc(OC)cc3)SC2=S)cc1. The Morgan fingerprint density at radius 1 is 1.07 bits per heavy atom. The molecule has 0 N–H and O–H groups in total. The third kappa shape index (κ3) is 4.17. The standard InChI is InChI=1S/C21H22N2O2S2/c1-4-22(5-2)16-8-10-17(11-9-16)23-20(24)19(27-21(23)26)14-15-6-12-18(25-3)13-7-15/h6-14H,4-5H2,1-3H3. The van der Waals surface area contributed by atoms with Gasteiger partial charge in [-0.3, -0.25) is 9.69 Å². The number of carbonyl (C=O) groups is 1. The Hall–Kier alpha value is -2.31. The van der Waals surface area contributed by atoms with E-state index in [4.69, 9.17) is 17.0 Å². The first-order valence-corrected chi connectivity index (χ1v) is 10.1. The van der Waals surface area contributed by atoms with Crippen LogP contribution in [0.4, 0.5) is 11.4 Å². The van der Waals surface area contributed by atoms with Gasteiger partial charge in [0, 0.05) is 18.8 Å². The van der Waals surface area contributed by atoms with E-state index in [2.05, 4.69) is 18.7 Å². The molecule has 27 heavy (non-hydrogen) atoms. The van der Waals surface area contributed by atoms with Gasteiger partial charge in [-0.25, -0.2) is 0 Å². The lowest BCUT2D eigenvalue weighted by Crippen LogP contribution is -2.27. The molecular formula is C21H22N2O2S2. The molecule has 0 spiro atoms. The smallest absolute Gasteiger partial charge is 0.270 e. The van der Waals surface area contributed by atoms with Crippen molar-refractivity contribution >= 4 is 51.7 Å². The van der Waals surface area contributed by atoms with E-state index in [1.54, 1.807) is 12.0 Å². The maximum atomic E-state index is 12.9. The minimum Gasteiger partial charge on any atom is -0.497 e. The molecule has 1 fully saturated rings. The quantitative estimate of drug-likeness (QED) is 0.508. The summed E-state index contributed by atoms with van der Waals surface area (Å²) in [6, 6.07) is 15.6. The summed E-state index contributed by atoms with van der Waals surface area (Å²) in [6.07, 6.45) is 1.86. The summed E-state index contributed by atoms with van der Waals surface area (Å²) in [5.74, 6) is 0.699. The summed E-state index contributed by atoms with van der Waals surface area (Å²) in [4.78, 5) is 17.4. The number of ether oxygens (including phenoxy) is 1. The fourth-order valence-corrected chi connectivity index (χ4v) is 4.24. The predicted octanol–water partition coefficient (Wildman–Crippen LogP) is 4.95. The van der Waals surface area contributed by atoms with Crippen molar-refractivity contribution in [3.8, 4) is 5.75 Å². The molecule has 1 saturated heterocycles. The van der Waals surface area contributed by atoms with Crippen LogP contribution in [0.2, 0.25) is 0 Å². The van der Waals surface area contributed by atoms with Crippen molar-refractivity contribution in [1.29, 1.82) is 0 Å². The number of thioether (sulfide) groups is 1. The molecule has 3 rings (SSSR count). The van der Waals surface area contributed by atoms with E-state index < -0.39 is 0 Å². The zero-order valence-corrected chi connectivity index (χ0v) is 17.3. The van der Waals surface area contributed by atoms with Crippen molar-refractivity contribution in [3.63, 3.8) is 0 Å². The molecule has 1 amide bonds. The highest BCUT2D eigenvalue weighted by molar-refractivity contribution is 8.27. The summed E-state index contributed by atoms with van der Waals surface area (Å²) >= 11 is 6.79. The average Bonchev–Trinajstić information content (AvgIpc) is 2.97. The van der Waals surface area contributed by atoms with Gasteiger partial charge in [0.05, 0.1) is 17.7 Å². The van der Waals surface area contributed by atoms with Gasteiger partial charge < -0.3 is 9.64 Å². The van der Waals surface area contributed by atoms with Crippen LogP contribution in [-0.4, -0.2) is 30.4 Å². The predicted molar refractivity (Wildman–Crippen MR) is 119 cm³/mol. The van der Waals surface area contributed by atoms with Gasteiger partial charge in [-0.2, -0.15) is 0 Å². The molecule has 0 unspecified atom stereocenters. The topological polar surface area (TPSA) is 32.8 Å². The number of carbonyl (C=O) groups excluding carboxylic acids is 1. The summed E-state index contributed by atoms with van der Waals surface area (Å²) in [6.45, 7) is 6.15. The van der Waals surface area contributed by atoms with E-state index in [0.717, 1.165) is 35.8 Å². The van der Waals surface area contributed by atoms with Gasteiger partial charge in [0.1, 0.15) is 5.75 Å². The van der Waals surface area contributed by atoms with Gasteiger partial charge in [-0.1, -0.05) is 36.1 Å². The Balaban J connectivity index is 1.82.